The Kier molecular flexibility index (Phi) is 6.44. The molecule has 0 saturated heterocycles. The summed E-state index contributed by atoms with van der Waals surface area (Å²) in [5.74, 6) is -0.885. The van der Waals surface area contributed by atoms with Crippen molar-refractivity contribution in [3.63, 3.8) is 0 Å². The molecule has 0 aromatic carbocycles. The van der Waals surface area contributed by atoms with Crippen molar-refractivity contribution in [2.75, 3.05) is 38.4 Å². The van der Waals surface area contributed by atoms with Gasteiger partial charge in [0.15, 0.2) is 0 Å². The first-order chi connectivity index (χ1) is 9.96. The van der Waals surface area contributed by atoms with Gasteiger partial charge in [0.2, 0.25) is 0 Å². The summed E-state index contributed by atoms with van der Waals surface area (Å²) in [7, 11) is 2.86. The van der Waals surface area contributed by atoms with Crippen LogP contribution in [0.3, 0.4) is 0 Å². The van der Waals surface area contributed by atoms with Crippen molar-refractivity contribution in [1.29, 1.82) is 0 Å². The van der Waals surface area contributed by atoms with Crippen LogP contribution in [-0.2, 0) is 9.47 Å². The quantitative estimate of drug-likeness (QED) is 0.656. The molecule has 0 aliphatic rings. The Hall–Kier alpha value is -1.80. The van der Waals surface area contributed by atoms with Crippen molar-refractivity contribution >= 4 is 33.9 Å². The molecule has 0 aliphatic heterocycles. The van der Waals surface area contributed by atoms with Crippen LogP contribution in [0.15, 0.2) is 0 Å². The molecule has 0 radical (unpaired) electrons. The zero-order valence-corrected chi connectivity index (χ0v) is 13.4. The molecule has 1 aromatic rings. The molecule has 8 heteroatoms. The van der Waals surface area contributed by atoms with Crippen LogP contribution in [0.25, 0.3) is 0 Å². The zero-order chi connectivity index (χ0) is 16.0. The van der Waals surface area contributed by atoms with E-state index in [1.807, 2.05) is 13.8 Å². The summed E-state index contributed by atoms with van der Waals surface area (Å²) in [5, 5.41) is 6.29. The fourth-order valence-electron chi connectivity index (χ4n) is 1.78. The number of hydrogen-bond acceptors (Lipinski definition) is 7. The van der Waals surface area contributed by atoms with Gasteiger partial charge in [-0.15, -0.1) is 11.3 Å². The Morgan fingerprint density at radius 1 is 1.38 bits per heavy atom. The van der Waals surface area contributed by atoms with Crippen LogP contribution < -0.4 is 16.4 Å². The molecule has 0 bridgehead atoms. The van der Waals surface area contributed by atoms with E-state index < -0.39 is 5.97 Å². The molecule has 118 valence electrons. The first-order valence-corrected chi connectivity index (χ1v) is 7.32. The molecule has 0 saturated carbocycles. The molecule has 0 spiro atoms. The van der Waals surface area contributed by atoms with E-state index in [0.717, 1.165) is 11.3 Å². The highest BCUT2D eigenvalue weighted by atomic mass is 32.1. The minimum absolute atomic E-state index is 0.0430. The monoisotopic (exact) mass is 315 g/mol. The van der Waals surface area contributed by atoms with Crippen LogP contribution in [0.5, 0.6) is 0 Å². The van der Waals surface area contributed by atoms with E-state index >= 15 is 0 Å². The molecule has 7 nitrogen and oxygen atoms in total. The third kappa shape index (κ3) is 4.08. The number of nitrogen functional groups attached to an aromatic ring is 1. The van der Waals surface area contributed by atoms with Crippen molar-refractivity contribution in [3.05, 3.63) is 10.4 Å². The molecule has 0 fully saturated rings. The molecule has 4 N–H and O–H groups in total. The van der Waals surface area contributed by atoms with Gasteiger partial charge in [0, 0.05) is 19.7 Å². The fraction of sp³-hybridized carbons (Fsp3) is 0.538. The SMILES string of the molecule is CCNC(=O)c1sc(NC(C)COC)c(C(=O)OC)c1N. The third-order valence-electron chi connectivity index (χ3n) is 2.67. The minimum Gasteiger partial charge on any atom is -0.465 e. The topological polar surface area (TPSA) is 103 Å². The van der Waals surface area contributed by atoms with Crippen molar-refractivity contribution in [3.8, 4) is 0 Å². The second-order valence-corrected chi connectivity index (χ2v) is 5.42. The Labute approximate surface area is 127 Å². The molecule has 0 aliphatic carbocycles. The lowest BCUT2D eigenvalue weighted by atomic mass is 10.2. The van der Waals surface area contributed by atoms with Gasteiger partial charge in [0.1, 0.15) is 15.4 Å². The number of carbonyl (C=O) groups excluding carboxylic acids is 2. The summed E-state index contributed by atoms with van der Waals surface area (Å²) in [5.41, 5.74) is 6.26. The number of methoxy groups -OCH3 is 2. The second-order valence-electron chi connectivity index (χ2n) is 4.40. The highest BCUT2D eigenvalue weighted by Gasteiger charge is 2.26. The van der Waals surface area contributed by atoms with Crippen LogP contribution in [-0.4, -0.2) is 45.3 Å². The average molecular weight is 315 g/mol. The smallest absolute Gasteiger partial charge is 0.343 e. The number of hydrogen-bond donors (Lipinski definition) is 3. The maximum atomic E-state index is 12.0. The summed E-state index contributed by atoms with van der Waals surface area (Å²) in [6.45, 7) is 4.64. The lowest BCUT2D eigenvalue weighted by Gasteiger charge is -2.13. The first kappa shape index (κ1) is 17.3. The first-order valence-electron chi connectivity index (χ1n) is 6.50. The highest BCUT2D eigenvalue weighted by Crippen LogP contribution is 2.36. The molecule has 1 heterocycles. The number of ether oxygens (including phenoxy) is 2. The Bertz CT molecular complexity index is 516. The van der Waals surface area contributed by atoms with Gasteiger partial charge < -0.3 is 25.8 Å². The number of carbonyl (C=O) groups is 2. The standard InChI is InChI=1S/C13H21N3O4S/c1-5-15-11(17)10-9(14)8(13(18)20-4)12(21-10)16-7(2)6-19-3/h7,16H,5-6,14H2,1-4H3,(H,15,17). The van der Waals surface area contributed by atoms with Gasteiger partial charge in [0.25, 0.3) is 5.91 Å². The molecule has 1 aromatic heterocycles. The van der Waals surface area contributed by atoms with Crippen molar-refractivity contribution in [2.24, 2.45) is 0 Å². The molecular formula is C13H21N3O4S. The van der Waals surface area contributed by atoms with E-state index in [-0.39, 0.29) is 23.2 Å². The van der Waals surface area contributed by atoms with Crippen LogP contribution in [0.4, 0.5) is 10.7 Å². The largest absolute Gasteiger partial charge is 0.465 e. The van der Waals surface area contributed by atoms with E-state index in [0.29, 0.717) is 23.0 Å². The van der Waals surface area contributed by atoms with Gasteiger partial charge >= 0.3 is 5.97 Å². The summed E-state index contributed by atoms with van der Waals surface area (Å²) in [4.78, 5) is 24.2. The average Bonchev–Trinajstić information content (AvgIpc) is 2.75. The highest BCUT2D eigenvalue weighted by molar-refractivity contribution is 7.19. The molecule has 1 unspecified atom stereocenters. The molecule has 1 atom stereocenters. The van der Waals surface area contributed by atoms with Crippen molar-refractivity contribution in [1.82, 2.24) is 5.32 Å². The van der Waals surface area contributed by atoms with Crippen molar-refractivity contribution < 1.29 is 19.1 Å². The summed E-state index contributed by atoms with van der Waals surface area (Å²) >= 11 is 1.13. The lowest BCUT2D eigenvalue weighted by Crippen LogP contribution is -2.22. The number of thiophene rings is 1. The summed E-state index contributed by atoms with van der Waals surface area (Å²) < 4.78 is 9.78. The van der Waals surface area contributed by atoms with Gasteiger partial charge in [0.05, 0.1) is 19.4 Å². The second kappa shape index (κ2) is 7.84. The third-order valence-corrected chi connectivity index (χ3v) is 3.81. The van der Waals surface area contributed by atoms with E-state index in [1.54, 1.807) is 7.11 Å². The van der Waals surface area contributed by atoms with Gasteiger partial charge in [-0.2, -0.15) is 0 Å². The van der Waals surface area contributed by atoms with Crippen LogP contribution in [0.1, 0.15) is 33.9 Å². The van der Waals surface area contributed by atoms with Crippen LogP contribution in [0, 0.1) is 0 Å². The molecule has 1 rings (SSSR count). The number of nitrogens with two attached hydrogens (primary N) is 1. The predicted octanol–water partition coefficient (Wildman–Crippen LogP) is 1.31. The number of anilines is 2. The zero-order valence-electron chi connectivity index (χ0n) is 12.6. The number of rotatable bonds is 7. The Morgan fingerprint density at radius 3 is 2.57 bits per heavy atom. The van der Waals surface area contributed by atoms with Crippen LogP contribution in [0.2, 0.25) is 0 Å². The Balaban J connectivity index is 3.18. The van der Waals surface area contributed by atoms with E-state index in [4.69, 9.17) is 15.2 Å². The summed E-state index contributed by atoms with van der Waals surface area (Å²) in [6, 6.07) is -0.0430. The van der Waals surface area contributed by atoms with Gasteiger partial charge in [-0.25, -0.2) is 4.79 Å². The molecular weight excluding hydrogens is 294 g/mol. The maximum Gasteiger partial charge on any atom is 0.343 e. The summed E-state index contributed by atoms with van der Waals surface area (Å²) in [6.07, 6.45) is 0. The Morgan fingerprint density at radius 2 is 2.05 bits per heavy atom. The maximum absolute atomic E-state index is 12.0. The van der Waals surface area contributed by atoms with E-state index in [2.05, 4.69) is 10.6 Å². The molecule has 21 heavy (non-hydrogen) atoms. The number of esters is 1. The lowest BCUT2D eigenvalue weighted by molar-refractivity contribution is 0.0603. The number of nitrogens with one attached hydrogen (secondary N) is 2. The van der Waals surface area contributed by atoms with Crippen LogP contribution >= 0.6 is 11.3 Å². The van der Waals surface area contributed by atoms with E-state index in [1.165, 1.54) is 7.11 Å². The predicted molar refractivity (Wildman–Crippen MR) is 83.0 cm³/mol. The van der Waals surface area contributed by atoms with Gasteiger partial charge in [-0.3, -0.25) is 4.79 Å². The van der Waals surface area contributed by atoms with E-state index in [9.17, 15) is 9.59 Å². The molecule has 1 amide bonds. The number of amides is 1. The van der Waals surface area contributed by atoms with Gasteiger partial charge in [-0.05, 0) is 13.8 Å². The van der Waals surface area contributed by atoms with Gasteiger partial charge in [-0.1, -0.05) is 0 Å². The minimum atomic E-state index is -0.577. The normalized spacial score (nSPS) is 11.8. The van der Waals surface area contributed by atoms with Crippen molar-refractivity contribution in [2.45, 2.75) is 19.9 Å². The fourth-order valence-corrected chi connectivity index (χ4v) is 2.91.